The van der Waals surface area contributed by atoms with Gasteiger partial charge in [-0.1, -0.05) is 28.9 Å². The van der Waals surface area contributed by atoms with Crippen molar-refractivity contribution in [3.05, 3.63) is 66.6 Å². The van der Waals surface area contributed by atoms with E-state index in [1.54, 1.807) is 6.08 Å². The van der Waals surface area contributed by atoms with Crippen molar-refractivity contribution in [3.8, 4) is 5.75 Å². The predicted molar refractivity (Wildman–Crippen MR) is 112 cm³/mol. The van der Waals surface area contributed by atoms with Gasteiger partial charge in [-0.25, -0.2) is 9.79 Å². The molecule has 26 heavy (non-hydrogen) atoms. The molecule has 0 aliphatic carbocycles. The van der Waals surface area contributed by atoms with Crippen LogP contribution in [0.5, 0.6) is 5.75 Å². The minimum Gasteiger partial charge on any atom is -0.491 e. The Morgan fingerprint density at radius 2 is 1.88 bits per heavy atom. The molecule has 0 bridgehead atoms. The van der Waals surface area contributed by atoms with Crippen molar-refractivity contribution >= 4 is 65.7 Å². The molecule has 0 N–H and O–H groups in total. The Hall–Kier alpha value is -1.44. The fraction of sp³-hybridized carbons (Fsp3) is 0.158. The highest BCUT2D eigenvalue weighted by Gasteiger charge is 2.24. The minimum absolute atomic E-state index is 0.251. The molecule has 7 heteroatoms. The molecule has 0 atom stereocenters. The van der Waals surface area contributed by atoms with Crippen molar-refractivity contribution < 1.29 is 14.3 Å². The molecule has 2 aromatic rings. The van der Waals surface area contributed by atoms with Gasteiger partial charge >= 0.3 is 5.97 Å². The number of aliphatic imine (C=N–C) groups is 1. The molecule has 0 fully saturated rings. The Morgan fingerprint density at radius 1 is 1.15 bits per heavy atom. The van der Waals surface area contributed by atoms with E-state index >= 15 is 0 Å². The predicted octanol–water partition coefficient (Wildman–Crippen LogP) is 6.11. The van der Waals surface area contributed by atoms with Crippen molar-refractivity contribution in [2.24, 2.45) is 4.99 Å². The normalized spacial score (nSPS) is 15.2. The highest BCUT2D eigenvalue weighted by atomic mass is 79.9. The highest BCUT2D eigenvalue weighted by Crippen LogP contribution is 2.36. The maximum Gasteiger partial charge on any atom is 0.363 e. The van der Waals surface area contributed by atoms with Gasteiger partial charge in [0.2, 0.25) is 5.90 Å². The van der Waals surface area contributed by atoms with Gasteiger partial charge in [0.05, 0.1) is 15.6 Å². The Kier molecular flexibility index (Phi) is 6.32. The average Bonchev–Trinajstić information content (AvgIpc) is 2.95. The van der Waals surface area contributed by atoms with E-state index in [1.165, 1.54) is 0 Å². The van der Waals surface area contributed by atoms with Crippen LogP contribution >= 0.6 is 47.8 Å². The largest absolute Gasteiger partial charge is 0.491 e. The lowest BCUT2D eigenvalue weighted by molar-refractivity contribution is -0.129. The lowest BCUT2D eigenvalue weighted by atomic mass is 10.2. The summed E-state index contributed by atoms with van der Waals surface area (Å²) in [6.07, 6.45) is 2.61. The molecule has 0 amide bonds. The molecule has 1 heterocycles. The number of carbonyl (C=O) groups excluding carboxylic acids is 1. The molecule has 4 nitrogen and oxygen atoms in total. The second kappa shape index (κ2) is 8.50. The number of ether oxygens (including phenoxy) is 2. The number of halogens is 3. The van der Waals surface area contributed by atoms with E-state index in [-0.39, 0.29) is 5.70 Å². The first kappa shape index (κ1) is 19.3. The van der Waals surface area contributed by atoms with E-state index in [1.807, 2.05) is 43.3 Å². The maximum atomic E-state index is 12.2. The number of hydrogen-bond donors (Lipinski definition) is 0. The summed E-state index contributed by atoms with van der Waals surface area (Å²) in [5.41, 5.74) is 1.79. The fourth-order valence-corrected chi connectivity index (χ4v) is 4.17. The van der Waals surface area contributed by atoms with E-state index in [0.717, 1.165) is 36.7 Å². The molecular formula is C19H14Br3NO3. The molecule has 134 valence electrons. The van der Waals surface area contributed by atoms with Gasteiger partial charge in [0, 0.05) is 10.0 Å². The van der Waals surface area contributed by atoms with Gasteiger partial charge < -0.3 is 9.47 Å². The monoisotopic (exact) mass is 541 g/mol. The van der Waals surface area contributed by atoms with Crippen LogP contribution < -0.4 is 4.74 Å². The molecule has 0 unspecified atom stereocenters. The molecular weight excluding hydrogens is 530 g/mol. The topological polar surface area (TPSA) is 47.9 Å². The highest BCUT2D eigenvalue weighted by molar-refractivity contribution is 9.11. The van der Waals surface area contributed by atoms with Gasteiger partial charge in [-0.3, -0.25) is 0 Å². The fourth-order valence-electron chi connectivity index (χ4n) is 2.32. The quantitative estimate of drug-likeness (QED) is 0.338. The number of esters is 1. The van der Waals surface area contributed by atoms with Gasteiger partial charge in [-0.2, -0.15) is 0 Å². The first-order valence-corrected chi connectivity index (χ1v) is 10.3. The van der Waals surface area contributed by atoms with E-state index < -0.39 is 5.97 Å². The SMILES string of the molecule is CCCOc1c(Br)cc(/C=C2\N=C(c3cccc(Br)c3)OC2=O)cc1Br. The summed E-state index contributed by atoms with van der Waals surface area (Å²) in [6.45, 7) is 2.68. The second-order valence-corrected chi connectivity index (χ2v) is 8.13. The van der Waals surface area contributed by atoms with Crippen LogP contribution in [0.3, 0.4) is 0 Å². The van der Waals surface area contributed by atoms with Crippen molar-refractivity contribution in [3.63, 3.8) is 0 Å². The van der Waals surface area contributed by atoms with Gasteiger partial charge in [-0.05, 0) is 80.3 Å². The third-order valence-electron chi connectivity index (χ3n) is 3.47. The summed E-state index contributed by atoms with van der Waals surface area (Å²) in [4.78, 5) is 16.5. The van der Waals surface area contributed by atoms with Crippen LogP contribution in [0.25, 0.3) is 6.08 Å². The second-order valence-electron chi connectivity index (χ2n) is 5.51. The summed E-state index contributed by atoms with van der Waals surface area (Å²) < 4.78 is 13.5. The standard InChI is InChI=1S/C19H14Br3NO3/c1-2-6-25-17-14(21)7-11(8-15(17)22)9-16-19(24)26-18(23-16)12-4-3-5-13(20)10-12/h3-5,7-10H,2,6H2,1H3/b16-9-. The summed E-state index contributed by atoms with van der Waals surface area (Å²) in [5.74, 6) is 0.559. The van der Waals surface area contributed by atoms with Crippen LogP contribution in [-0.4, -0.2) is 18.5 Å². The van der Waals surface area contributed by atoms with E-state index in [0.29, 0.717) is 12.5 Å². The zero-order valence-corrected chi connectivity index (χ0v) is 18.5. The number of cyclic esters (lactones) is 1. The van der Waals surface area contributed by atoms with Crippen molar-refractivity contribution in [1.82, 2.24) is 0 Å². The number of carbonyl (C=O) groups is 1. The van der Waals surface area contributed by atoms with E-state index in [4.69, 9.17) is 9.47 Å². The number of hydrogen-bond acceptors (Lipinski definition) is 4. The molecule has 0 spiro atoms. The summed E-state index contributed by atoms with van der Waals surface area (Å²) in [7, 11) is 0. The molecule has 0 aromatic heterocycles. The lowest BCUT2D eigenvalue weighted by Crippen LogP contribution is -2.05. The summed E-state index contributed by atoms with van der Waals surface area (Å²) in [5, 5.41) is 0. The summed E-state index contributed by atoms with van der Waals surface area (Å²) >= 11 is 10.4. The van der Waals surface area contributed by atoms with Crippen LogP contribution in [0.1, 0.15) is 24.5 Å². The van der Waals surface area contributed by atoms with Gasteiger partial charge in [0.1, 0.15) is 5.75 Å². The van der Waals surface area contributed by atoms with Crippen LogP contribution in [0.2, 0.25) is 0 Å². The van der Waals surface area contributed by atoms with E-state index in [2.05, 4.69) is 52.8 Å². The van der Waals surface area contributed by atoms with Crippen molar-refractivity contribution in [2.45, 2.75) is 13.3 Å². The number of nitrogens with zero attached hydrogens (tertiary/aromatic N) is 1. The van der Waals surface area contributed by atoms with Gasteiger partial charge in [-0.15, -0.1) is 0 Å². The van der Waals surface area contributed by atoms with Crippen LogP contribution in [0.15, 0.2) is 60.5 Å². The number of rotatable bonds is 5. The van der Waals surface area contributed by atoms with Gasteiger partial charge in [0.15, 0.2) is 5.70 Å². The average molecular weight is 544 g/mol. The van der Waals surface area contributed by atoms with Crippen molar-refractivity contribution in [1.29, 1.82) is 0 Å². The van der Waals surface area contributed by atoms with E-state index in [9.17, 15) is 4.79 Å². The Morgan fingerprint density at radius 3 is 2.54 bits per heavy atom. The molecule has 1 aliphatic rings. The molecule has 2 aromatic carbocycles. The molecule has 0 saturated carbocycles. The first-order valence-electron chi connectivity index (χ1n) is 7.88. The molecule has 0 radical (unpaired) electrons. The zero-order valence-electron chi connectivity index (χ0n) is 13.8. The molecule has 0 saturated heterocycles. The zero-order chi connectivity index (χ0) is 18.7. The minimum atomic E-state index is -0.474. The van der Waals surface area contributed by atoms with Crippen molar-refractivity contribution in [2.75, 3.05) is 6.61 Å². The van der Waals surface area contributed by atoms with Crippen LogP contribution in [0.4, 0.5) is 0 Å². The maximum absolute atomic E-state index is 12.2. The van der Waals surface area contributed by atoms with Gasteiger partial charge in [0.25, 0.3) is 0 Å². The Balaban J connectivity index is 1.91. The molecule has 3 rings (SSSR count). The first-order chi connectivity index (χ1) is 12.5. The third-order valence-corrected chi connectivity index (χ3v) is 5.14. The van der Waals surface area contributed by atoms with Crippen LogP contribution in [-0.2, 0) is 9.53 Å². The smallest absolute Gasteiger partial charge is 0.363 e. The Labute approximate surface area is 176 Å². The molecule has 1 aliphatic heterocycles. The third kappa shape index (κ3) is 4.45. The Bertz CT molecular complexity index is 899. The van der Waals surface area contributed by atoms with Crippen LogP contribution in [0, 0.1) is 0 Å². The number of benzene rings is 2. The lowest BCUT2D eigenvalue weighted by Gasteiger charge is -2.10. The summed E-state index contributed by atoms with van der Waals surface area (Å²) in [6, 6.07) is 11.2.